The van der Waals surface area contributed by atoms with Gasteiger partial charge >= 0.3 is 0 Å². The first-order valence-corrected chi connectivity index (χ1v) is 6.87. The van der Waals surface area contributed by atoms with Crippen molar-refractivity contribution in [2.45, 2.75) is 18.9 Å². The Kier molecular flexibility index (Phi) is 3.52. The molecule has 1 aromatic heterocycles. The minimum Gasteiger partial charge on any atom is -0.311 e. The largest absolute Gasteiger partial charge is 0.311 e. The molecule has 1 fully saturated rings. The molecule has 20 heavy (non-hydrogen) atoms. The minimum absolute atomic E-state index is 0.0337. The van der Waals surface area contributed by atoms with Crippen LogP contribution >= 0.6 is 0 Å². The molecule has 1 aromatic carbocycles. The normalized spacial score (nSPS) is 18.1. The summed E-state index contributed by atoms with van der Waals surface area (Å²) in [6, 6.07) is 9.84. The lowest BCUT2D eigenvalue weighted by molar-refractivity contribution is 0.0991. The maximum Gasteiger partial charge on any atom is 0.261 e. The molecule has 1 saturated heterocycles. The van der Waals surface area contributed by atoms with Crippen molar-refractivity contribution in [1.82, 2.24) is 15.5 Å². The second-order valence-corrected chi connectivity index (χ2v) is 5.05. The third-order valence-corrected chi connectivity index (χ3v) is 3.76. The molecule has 0 saturated carbocycles. The van der Waals surface area contributed by atoms with Gasteiger partial charge in [0.05, 0.1) is 17.5 Å². The second-order valence-electron chi connectivity index (χ2n) is 5.05. The van der Waals surface area contributed by atoms with E-state index >= 15 is 0 Å². The molecule has 2 heterocycles. The highest BCUT2D eigenvalue weighted by Crippen LogP contribution is 2.25. The lowest BCUT2D eigenvalue weighted by atomic mass is 10.1. The summed E-state index contributed by atoms with van der Waals surface area (Å²) < 4.78 is 0. The number of amides is 1. The molecule has 104 valence electrons. The summed E-state index contributed by atoms with van der Waals surface area (Å²) in [6.07, 6.45) is 3.79. The van der Waals surface area contributed by atoms with E-state index in [1.807, 2.05) is 30.3 Å². The molecule has 1 amide bonds. The van der Waals surface area contributed by atoms with Gasteiger partial charge in [0.15, 0.2) is 0 Å². The molecule has 1 aliphatic rings. The lowest BCUT2D eigenvalue weighted by Crippen LogP contribution is -2.28. The first kappa shape index (κ1) is 12.9. The van der Waals surface area contributed by atoms with Crippen molar-refractivity contribution in [2.24, 2.45) is 0 Å². The molecular weight excluding hydrogens is 252 g/mol. The molecule has 0 aliphatic carbocycles. The number of H-pyrrole nitrogens is 1. The number of carbonyl (C=O) groups excluding carboxylic acids is 1. The Hall–Kier alpha value is -2.14. The van der Waals surface area contributed by atoms with Crippen molar-refractivity contribution in [1.29, 1.82) is 0 Å². The Morgan fingerprint density at radius 3 is 2.85 bits per heavy atom. The summed E-state index contributed by atoms with van der Waals surface area (Å²) in [6.45, 7) is 0.992. The van der Waals surface area contributed by atoms with Gasteiger partial charge in [-0.3, -0.25) is 9.89 Å². The topological polar surface area (TPSA) is 61.0 Å². The van der Waals surface area contributed by atoms with Crippen LogP contribution in [0, 0.1) is 0 Å². The Bertz CT molecular complexity index is 587. The van der Waals surface area contributed by atoms with Crippen LogP contribution < -0.4 is 10.2 Å². The van der Waals surface area contributed by atoms with Gasteiger partial charge in [-0.1, -0.05) is 18.2 Å². The van der Waals surface area contributed by atoms with Crippen molar-refractivity contribution in [3.05, 3.63) is 47.8 Å². The van der Waals surface area contributed by atoms with Crippen LogP contribution in [0.25, 0.3) is 0 Å². The number of aromatic amines is 1. The molecule has 0 radical (unpaired) electrons. The van der Waals surface area contributed by atoms with Crippen LogP contribution in [0.5, 0.6) is 0 Å². The summed E-state index contributed by atoms with van der Waals surface area (Å²) in [7, 11) is 1.79. The highest BCUT2D eigenvalue weighted by atomic mass is 16.2. The van der Waals surface area contributed by atoms with Crippen molar-refractivity contribution < 1.29 is 4.79 Å². The molecule has 0 spiro atoms. The Balaban J connectivity index is 1.86. The van der Waals surface area contributed by atoms with Crippen molar-refractivity contribution in [2.75, 3.05) is 18.5 Å². The highest BCUT2D eigenvalue weighted by Gasteiger charge is 2.26. The van der Waals surface area contributed by atoms with Crippen molar-refractivity contribution in [3.8, 4) is 0 Å². The molecule has 2 N–H and O–H groups in total. The molecule has 5 nitrogen and oxygen atoms in total. The van der Waals surface area contributed by atoms with E-state index in [4.69, 9.17) is 0 Å². The van der Waals surface area contributed by atoms with Gasteiger partial charge in [0, 0.05) is 18.8 Å². The van der Waals surface area contributed by atoms with Gasteiger partial charge in [0.25, 0.3) is 5.91 Å². The third-order valence-electron chi connectivity index (χ3n) is 3.76. The smallest absolute Gasteiger partial charge is 0.261 e. The summed E-state index contributed by atoms with van der Waals surface area (Å²) in [5.41, 5.74) is 2.43. The fourth-order valence-corrected chi connectivity index (χ4v) is 2.61. The zero-order valence-electron chi connectivity index (χ0n) is 11.5. The standard InChI is InChI=1S/C15H18N4O/c1-19(11-6-3-2-4-7-11)15(20)12-10-17-18-14(12)13-8-5-9-16-13/h2-4,6-7,10,13,16H,5,8-9H2,1H3,(H,17,18)/t13-/m1/s1. The van der Waals surface area contributed by atoms with Crippen molar-refractivity contribution in [3.63, 3.8) is 0 Å². The molecule has 5 heteroatoms. The fourth-order valence-electron chi connectivity index (χ4n) is 2.61. The van der Waals surface area contributed by atoms with Crippen LogP contribution in [0.1, 0.15) is 34.9 Å². The predicted molar refractivity (Wildman–Crippen MR) is 77.7 cm³/mol. The molecule has 1 atom stereocenters. The van der Waals surface area contributed by atoms with E-state index < -0.39 is 0 Å². The predicted octanol–water partition coefficient (Wildman–Crippen LogP) is 2.11. The average Bonchev–Trinajstić information content (AvgIpc) is 3.16. The lowest BCUT2D eigenvalue weighted by Gasteiger charge is -2.18. The summed E-state index contributed by atoms with van der Waals surface area (Å²) >= 11 is 0. The van der Waals surface area contributed by atoms with Crippen molar-refractivity contribution >= 4 is 11.6 Å². The van der Waals surface area contributed by atoms with E-state index in [1.54, 1.807) is 18.1 Å². The Morgan fingerprint density at radius 2 is 2.15 bits per heavy atom. The number of hydrogen-bond donors (Lipinski definition) is 2. The van der Waals surface area contributed by atoms with Gasteiger partial charge in [0.1, 0.15) is 0 Å². The number of para-hydroxylation sites is 1. The highest BCUT2D eigenvalue weighted by molar-refractivity contribution is 6.06. The second kappa shape index (κ2) is 5.46. The quantitative estimate of drug-likeness (QED) is 0.898. The number of benzene rings is 1. The van der Waals surface area contributed by atoms with Crippen LogP contribution in [-0.2, 0) is 0 Å². The number of nitrogens with one attached hydrogen (secondary N) is 2. The minimum atomic E-state index is -0.0337. The Morgan fingerprint density at radius 1 is 1.35 bits per heavy atom. The molecular formula is C15H18N4O. The Labute approximate surface area is 118 Å². The van der Waals surface area contributed by atoms with E-state index in [9.17, 15) is 4.79 Å². The van der Waals surface area contributed by atoms with Gasteiger partial charge in [0.2, 0.25) is 0 Å². The summed E-state index contributed by atoms with van der Waals surface area (Å²) in [5.74, 6) is -0.0337. The number of anilines is 1. The molecule has 3 rings (SSSR count). The van der Waals surface area contributed by atoms with E-state index in [0.29, 0.717) is 5.56 Å². The number of carbonyl (C=O) groups is 1. The maximum atomic E-state index is 12.6. The van der Waals surface area contributed by atoms with Gasteiger partial charge < -0.3 is 10.2 Å². The molecule has 0 unspecified atom stereocenters. The third kappa shape index (κ3) is 2.32. The van der Waals surface area contributed by atoms with E-state index in [1.165, 1.54) is 0 Å². The van der Waals surface area contributed by atoms with Gasteiger partial charge in [-0.15, -0.1) is 0 Å². The first-order chi connectivity index (χ1) is 9.77. The molecule has 1 aliphatic heterocycles. The monoisotopic (exact) mass is 270 g/mol. The zero-order chi connectivity index (χ0) is 13.9. The number of rotatable bonds is 3. The zero-order valence-corrected chi connectivity index (χ0v) is 11.5. The summed E-state index contributed by atoms with van der Waals surface area (Å²) in [5, 5.41) is 10.4. The average molecular weight is 270 g/mol. The number of hydrogen-bond acceptors (Lipinski definition) is 3. The SMILES string of the molecule is CN(C(=O)c1cn[nH]c1[C@H]1CCCN1)c1ccccc1. The van der Waals surface area contributed by atoms with E-state index in [0.717, 1.165) is 30.8 Å². The van der Waals surface area contributed by atoms with Crippen LogP contribution in [-0.4, -0.2) is 29.7 Å². The van der Waals surface area contributed by atoms with Gasteiger partial charge in [-0.25, -0.2) is 0 Å². The van der Waals surface area contributed by atoms with Gasteiger partial charge in [-0.2, -0.15) is 5.10 Å². The van der Waals surface area contributed by atoms with Crippen LogP contribution in [0.2, 0.25) is 0 Å². The number of aromatic nitrogens is 2. The maximum absolute atomic E-state index is 12.6. The number of nitrogens with zero attached hydrogens (tertiary/aromatic N) is 2. The van der Waals surface area contributed by atoms with E-state index in [-0.39, 0.29) is 11.9 Å². The van der Waals surface area contributed by atoms with Gasteiger partial charge in [-0.05, 0) is 31.5 Å². The fraction of sp³-hybridized carbons (Fsp3) is 0.333. The van der Waals surface area contributed by atoms with Crippen LogP contribution in [0.4, 0.5) is 5.69 Å². The molecule has 2 aromatic rings. The molecule has 0 bridgehead atoms. The van der Waals surface area contributed by atoms with Crippen LogP contribution in [0.3, 0.4) is 0 Å². The first-order valence-electron chi connectivity index (χ1n) is 6.87. The summed E-state index contributed by atoms with van der Waals surface area (Å²) in [4.78, 5) is 14.3. The van der Waals surface area contributed by atoms with E-state index in [2.05, 4.69) is 15.5 Å². The van der Waals surface area contributed by atoms with Crippen LogP contribution in [0.15, 0.2) is 36.5 Å².